The number of thiophene rings is 1. The van der Waals surface area contributed by atoms with Crippen LogP contribution < -0.4 is 11.1 Å². The van der Waals surface area contributed by atoms with Crippen LogP contribution in [0, 0.1) is 23.2 Å². The Bertz CT molecular complexity index is 839. The second-order valence-corrected chi connectivity index (χ2v) is 11.1. The van der Waals surface area contributed by atoms with Gasteiger partial charge in [0.15, 0.2) is 0 Å². The Kier molecular flexibility index (Phi) is 5.54. The van der Waals surface area contributed by atoms with Gasteiger partial charge < -0.3 is 16.0 Å². The summed E-state index contributed by atoms with van der Waals surface area (Å²) < 4.78 is 0. The molecule has 31 heavy (non-hydrogen) atoms. The van der Waals surface area contributed by atoms with Gasteiger partial charge in [-0.3, -0.25) is 19.3 Å². The molecule has 0 unspecified atom stereocenters. The van der Waals surface area contributed by atoms with E-state index in [-0.39, 0.29) is 11.3 Å². The quantitative estimate of drug-likeness (QED) is 0.705. The zero-order chi connectivity index (χ0) is 21.6. The standard InChI is InChI=1S/C23H32N4O3S/c24-20(29)18-2-8-31-21(18)25-19(28)1-3-26-4-6-27(7-5-26)22(30)23-12-15-9-16(13-23)11-17(10-15)14-23/h2,8,15-17H,1,3-7,9-14H2,(H2,24,29)(H,25,28). The normalized spacial score (nSPS) is 32.3. The van der Waals surface area contributed by atoms with E-state index in [0.29, 0.717) is 29.4 Å². The molecule has 1 aromatic rings. The van der Waals surface area contributed by atoms with Gasteiger partial charge >= 0.3 is 0 Å². The Hall–Kier alpha value is -1.93. The number of hydrogen-bond acceptors (Lipinski definition) is 5. The molecule has 6 rings (SSSR count). The van der Waals surface area contributed by atoms with Crippen LogP contribution in [-0.4, -0.2) is 60.2 Å². The van der Waals surface area contributed by atoms with E-state index < -0.39 is 5.91 Å². The summed E-state index contributed by atoms with van der Waals surface area (Å²) in [6.45, 7) is 3.81. The second-order valence-electron chi connectivity index (χ2n) is 10.2. The highest BCUT2D eigenvalue weighted by Gasteiger charge is 2.55. The van der Waals surface area contributed by atoms with Gasteiger partial charge in [-0.2, -0.15) is 0 Å². The third kappa shape index (κ3) is 4.12. The molecule has 0 aromatic carbocycles. The van der Waals surface area contributed by atoms with Crippen LogP contribution in [0.25, 0.3) is 0 Å². The minimum Gasteiger partial charge on any atom is -0.366 e. The number of carbonyl (C=O) groups excluding carboxylic acids is 3. The Morgan fingerprint density at radius 2 is 1.65 bits per heavy atom. The van der Waals surface area contributed by atoms with Crippen molar-refractivity contribution in [1.82, 2.24) is 9.80 Å². The predicted molar refractivity (Wildman–Crippen MR) is 120 cm³/mol. The highest BCUT2D eigenvalue weighted by atomic mass is 32.1. The van der Waals surface area contributed by atoms with Crippen molar-refractivity contribution in [2.75, 3.05) is 38.0 Å². The predicted octanol–water partition coefficient (Wildman–Crippen LogP) is 2.54. The zero-order valence-corrected chi connectivity index (χ0v) is 18.8. The molecule has 2 heterocycles. The Balaban J connectivity index is 1.09. The first-order valence-corrected chi connectivity index (χ1v) is 12.5. The topological polar surface area (TPSA) is 95.7 Å². The molecule has 0 spiro atoms. The van der Waals surface area contributed by atoms with Crippen molar-refractivity contribution < 1.29 is 14.4 Å². The molecule has 4 saturated carbocycles. The van der Waals surface area contributed by atoms with Crippen LogP contribution in [0.15, 0.2) is 11.4 Å². The van der Waals surface area contributed by atoms with Gasteiger partial charge in [-0.05, 0) is 67.7 Å². The maximum Gasteiger partial charge on any atom is 0.251 e. The lowest BCUT2D eigenvalue weighted by molar-refractivity contribution is -0.159. The van der Waals surface area contributed by atoms with Crippen molar-refractivity contribution in [2.45, 2.75) is 44.9 Å². The van der Waals surface area contributed by atoms with Crippen LogP contribution in [0.3, 0.4) is 0 Å². The summed E-state index contributed by atoms with van der Waals surface area (Å²) in [5, 5.41) is 5.06. The molecule has 168 valence electrons. The number of amides is 3. The van der Waals surface area contributed by atoms with E-state index in [4.69, 9.17) is 5.73 Å². The Morgan fingerprint density at radius 3 is 2.23 bits per heavy atom. The lowest BCUT2D eigenvalue weighted by Gasteiger charge is -2.57. The lowest BCUT2D eigenvalue weighted by atomic mass is 9.49. The zero-order valence-electron chi connectivity index (χ0n) is 18.0. The number of hydrogen-bond donors (Lipinski definition) is 2. The summed E-state index contributed by atoms with van der Waals surface area (Å²) >= 11 is 1.30. The third-order valence-corrected chi connectivity index (χ3v) is 8.82. The van der Waals surface area contributed by atoms with E-state index in [1.807, 2.05) is 0 Å². The van der Waals surface area contributed by atoms with Crippen LogP contribution in [0.2, 0.25) is 0 Å². The lowest BCUT2D eigenvalue weighted by Crippen LogP contribution is -2.58. The molecule has 5 aliphatic rings. The van der Waals surface area contributed by atoms with E-state index in [2.05, 4.69) is 15.1 Å². The van der Waals surface area contributed by atoms with Crippen molar-refractivity contribution in [1.29, 1.82) is 0 Å². The molecular weight excluding hydrogens is 412 g/mol. The summed E-state index contributed by atoms with van der Waals surface area (Å²) in [7, 11) is 0. The molecule has 1 aromatic heterocycles. The number of anilines is 1. The van der Waals surface area contributed by atoms with Crippen molar-refractivity contribution >= 4 is 34.1 Å². The van der Waals surface area contributed by atoms with E-state index in [0.717, 1.165) is 63.2 Å². The van der Waals surface area contributed by atoms with E-state index in [1.54, 1.807) is 11.4 Å². The van der Waals surface area contributed by atoms with Crippen molar-refractivity contribution in [3.05, 3.63) is 17.0 Å². The first-order valence-electron chi connectivity index (χ1n) is 11.6. The minimum atomic E-state index is -0.531. The number of nitrogens with one attached hydrogen (secondary N) is 1. The first-order chi connectivity index (χ1) is 14.9. The fraction of sp³-hybridized carbons (Fsp3) is 0.696. The number of nitrogens with two attached hydrogens (primary N) is 1. The first kappa shape index (κ1) is 20.9. The van der Waals surface area contributed by atoms with Crippen LogP contribution in [0.5, 0.6) is 0 Å². The molecule has 4 aliphatic carbocycles. The fourth-order valence-corrected chi connectivity index (χ4v) is 7.74. The van der Waals surface area contributed by atoms with Crippen molar-refractivity contribution in [3.63, 3.8) is 0 Å². The maximum atomic E-state index is 13.5. The van der Waals surface area contributed by atoms with Gasteiger partial charge in [0.25, 0.3) is 5.91 Å². The molecular formula is C23H32N4O3S. The highest BCUT2D eigenvalue weighted by Crippen LogP contribution is 2.60. The van der Waals surface area contributed by atoms with Gasteiger partial charge in [-0.15, -0.1) is 11.3 Å². The van der Waals surface area contributed by atoms with E-state index in [9.17, 15) is 14.4 Å². The molecule has 1 saturated heterocycles. The summed E-state index contributed by atoms with van der Waals surface area (Å²) in [5.41, 5.74) is 5.63. The summed E-state index contributed by atoms with van der Waals surface area (Å²) in [5.74, 6) is 2.13. The molecule has 0 radical (unpaired) electrons. The number of primary amides is 1. The van der Waals surface area contributed by atoms with Crippen LogP contribution in [0.1, 0.15) is 55.3 Å². The SMILES string of the molecule is NC(=O)c1ccsc1NC(=O)CCN1CCN(C(=O)C23CC4CC(CC(C4)C2)C3)CC1. The largest absolute Gasteiger partial charge is 0.366 e. The summed E-state index contributed by atoms with van der Waals surface area (Å²) in [6, 6.07) is 1.63. The van der Waals surface area contributed by atoms with Gasteiger partial charge in [-0.1, -0.05) is 0 Å². The Morgan fingerprint density at radius 1 is 1.03 bits per heavy atom. The molecule has 3 N–H and O–H groups in total. The molecule has 1 aliphatic heterocycles. The van der Waals surface area contributed by atoms with Gasteiger partial charge in [0, 0.05) is 39.1 Å². The molecule has 3 amide bonds. The Labute approximate surface area is 187 Å². The van der Waals surface area contributed by atoms with Gasteiger partial charge in [0.2, 0.25) is 11.8 Å². The van der Waals surface area contributed by atoms with Gasteiger partial charge in [0.05, 0.1) is 11.0 Å². The highest BCUT2D eigenvalue weighted by molar-refractivity contribution is 7.14. The van der Waals surface area contributed by atoms with Crippen LogP contribution in [0.4, 0.5) is 5.00 Å². The maximum absolute atomic E-state index is 13.5. The molecule has 7 nitrogen and oxygen atoms in total. The average molecular weight is 445 g/mol. The monoisotopic (exact) mass is 444 g/mol. The summed E-state index contributed by atoms with van der Waals surface area (Å²) in [4.78, 5) is 41.6. The molecule has 5 fully saturated rings. The third-order valence-electron chi connectivity index (χ3n) is 7.99. The summed E-state index contributed by atoms with van der Waals surface area (Å²) in [6.07, 6.45) is 7.79. The average Bonchev–Trinajstić information content (AvgIpc) is 3.19. The second kappa shape index (κ2) is 8.20. The number of piperazine rings is 1. The number of nitrogens with zero attached hydrogens (tertiary/aromatic N) is 2. The van der Waals surface area contributed by atoms with E-state index >= 15 is 0 Å². The fourth-order valence-electron chi connectivity index (χ4n) is 6.93. The van der Waals surface area contributed by atoms with Gasteiger partial charge in [-0.25, -0.2) is 0 Å². The molecule has 4 bridgehead atoms. The van der Waals surface area contributed by atoms with Crippen molar-refractivity contribution in [2.24, 2.45) is 28.9 Å². The minimum absolute atomic E-state index is 0.0599. The number of carbonyl (C=O) groups is 3. The van der Waals surface area contributed by atoms with Crippen LogP contribution in [-0.2, 0) is 9.59 Å². The number of rotatable bonds is 6. The molecule has 0 atom stereocenters. The van der Waals surface area contributed by atoms with E-state index in [1.165, 1.54) is 30.6 Å². The van der Waals surface area contributed by atoms with Crippen molar-refractivity contribution in [3.8, 4) is 0 Å². The smallest absolute Gasteiger partial charge is 0.251 e. The van der Waals surface area contributed by atoms with Gasteiger partial charge in [0.1, 0.15) is 5.00 Å². The molecule has 8 heteroatoms. The van der Waals surface area contributed by atoms with Crippen LogP contribution >= 0.6 is 11.3 Å².